The van der Waals surface area contributed by atoms with Gasteiger partial charge in [-0.05, 0) is 19.3 Å². The fourth-order valence-electron chi connectivity index (χ4n) is 1.19. The second-order valence-corrected chi connectivity index (χ2v) is 5.57. The molecule has 31 heavy (non-hydrogen) atoms. The van der Waals surface area contributed by atoms with Crippen LogP contribution in [0.1, 0.15) is 38.5 Å². The molecule has 0 aliphatic rings. The van der Waals surface area contributed by atoms with E-state index in [2.05, 4.69) is 0 Å². The zero-order chi connectivity index (χ0) is 24.4. The number of nitrogens with two attached hydrogens (primary N) is 3. The van der Waals surface area contributed by atoms with Crippen LogP contribution in [0.2, 0.25) is 0 Å². The van der Waals surface area contributed by atoms with Gasteiger partial charge in [0.2, 0.25) is 0 Å². The predicted molar refractivity (Wildman–Crippen MR) is 95.3 cm³/mol. The minimum atomic E-state index is -1.42. The third kappa shape index (κ3) is 29.6. The molecule has 0 aromatic heterocycles. The number of aliphatic carboxylic acids is 6. The fourth-order valence-corrected chi connectivity index (χ4v) is 1.19. The molecule has 16 heteroatoms. The molecular formula is C15H24GaN3O12. The molecule has 9 N–H and O–H groups in total. The molecule has 0 aliphatic carbocycles. The van der Waals surface area contributed by atoms with Crippen LogP contribution in [0.15, 0.2) is 0 Å². The second-order valence-electron chi connectivity index (χ2n) is 5.57. The van der Waals surface area contributed by atoms with Crippen LogP contribution in [0.4, 0.5) is 0 Å². The third-order valence-corrected chi connectivity index (χ3v) is 2.92. The topological polar surface area (TPSA) is 310 Å². The summed E-state index contributed by atoms with van der Waals surface area (Å²) in [5, 5.41) is 53.9. The van der Waals surface area contributed by atoms with Crippen molar-refractivity contribution in [2.75, 3.05) is 0 Å². The van der Waals surface area contributed by atoms with Crippen LogP contribution in [0.3, 0.4) is 0 Å². The van der Waals surface area contributed by atoms with Crippen LogP contribution < -0.4 is 32.5 Å². The number of rotatable bonds is 12. The Morgan fingerprint density at radius 2 is 0.710 bits per heavy atom. The quantitative estimate of drug-likeness (QED) is 0.133. The van der Waals surface area contributed by atoms with Crippen LogP contribution in [-0.4, -0.2) is 89.1 Å². The number of hydrogen-bond acceptors (Lipinski definition) is 12. The summed E-state index contributed by atoms with van der Waals surface area (Å²) in [4.78, 5) is 59.2. The number of carboxylic acid groups (broad SMARTS) is 6. The van der Waals surface area contributed by atoms with Gasteiger partial charge in [0.25, 0.3) is 0 Å². The fraction of sp³-hybridized carbons (Fsp3) is 0.600. The Bertz CT molecular complexity index is 521. The molecule has 3 atom stereocenters. The summed E-state index contributed by atoms with van der Waals surface area (Å²) < 4.78 is 0. The molecule has 0 aromatic rings. The van der Waals surface area contributed by atoms with Crippen molar-refractivity contribution in [1.82, 2.24) is 0 Å². The standard InChI is InChI=1S/3C5H9NO4.Ga/c3*6-3(5(9)10)1-2-4(7)8;/h3*3H,1-2,6H2,(H,7,8)(H,9,10);/q;;;+3/p-3/t3*3-;/m000./s1. The molecule has 0 aromatic carbocycles. The van der Waals surface area contributed by atoms with Gasteiger partial charge in [-0.1, -0.05) is 0 Å². The predicted octanol–water partition coefficient (Wildman–Crippen LogP) is -6.60. The van der Waals surface area contributed by atoms with Crippen molar-refractivity contribution >= 4 is 55.6 Å². The maximum atomic E-state index is 9.88. The average molecular weight is 508 g/mol. The minimum Gasteiger partial charge on any atom is -0.548 e. The zero-order valence-electron chi connectivity index (χ0n) is 16.3. The number of hydrogen-bond donors (Lipinski definition) is 6. The molecule has 0 saturated carbocycles. The van der Waals surface area contributed by atoms with Gasteiger partial charge < -0.3 is 62.2 Å². The van der Waals surface area contributed by atoms with Gasteiger partial charge in [0.1, 0.15) is 0 Å². The molecule has 0 heterocycles. The van der Waals surface area contributed by atoms with Crippen molar-refractivity contribution in [1.29, 1.82) is 0 Å². The Labute approximate surface area is 189 Å². The Hall–Kier alpha value is -2.66. The average Bonchev–Trinajstić information content (AvgIpc) is 2.62. The van der Waals surface area contributed by atoms with E-state index in [9.17, 15) is 44.1 Å². The van der Waals surface area contributed by atoms with Gasteiger partial charge in [0, 0.05) is 37.4 Å². The molecule has 0 rings (SSSR count). The zero-order valence-corrected chi connectivity index (χ0v) is 18.7. The van der Waals surface area contributed by atoms with E-state index < -0.39 is 53.9 Å². The van der Waals surface area contributed by atoms with Crippen LogP contribution >= 0.6 is 0 Å². The van der Waals surface area contributed by atoms with Gasteiger partial charge in [0.15, 0.2) is 0 Å². The summed E-state index contributed by atoms with van der Waals surface area (Å²) in [6.07, 6.45) is -0.980. The van der Waals surface area contributed by atoms with E-state index in [1.54, 1.807) is 0 Å². The molecule has 15 nitrogen and oxygen atoms in total. The largest absolute Gasteiger partial charge is 3.00 e. The Kier molecular flexibility index (Phi) is 23.8. The van der Waals surface area contributed by atoms with Gasteiger partial charge in [-0.25, -0.2) is 0 Å². The van der Waals surface area contributed by atoms with Crippen molar-refractivity contribution < 1.29 is 59.4 Å². The smallest absolute Gasteiger partial charge is 0.548 e. The van der Waals surface area contributed by atoms with E-state index >= 15 is 0 Å². The number of carboxylic acids is 6. The van der Waals surface area contributed by atoms with Crippen LogP contribution in [0, 0.1) is 0 Å². The first-order valence-electron chi connectivity index (χ1n) is 8.16. The van der Waals surface area contributed by atoms with Crippen molar-refractivity contribution in [2.45, 2.75) is 56.7 Å². The minimum absolute atomic E-state index is 0. The molecule has 0 spiro atoms. The van der Waals surface area contributed by atoms with Gasteiger partial charge >= 0.3 is 37.7 Å². The third-order valence-electron chi connectivity index (χ3n) is 2.92. The molecular weight excluding hydrogens is 484 g/mol. The van der Waals surface area contributed by atoms with Gasteiger partial charge in [-0.3, -0.25) is 14.4 Å². The first-order valence-corrected chi connectivity index (χ1v) is 8.16. The van der Waals surface area contributed by atoms with Crippen molar-refractivity contribution in [3.8, 4) is 0 Å². The maximum absolute atomic E-state index is 9.88. The molecule has 0 unspecified atom stereocenters. The first-order chi connectivity index (χ1) is 13.6. The number of carbonyl (C=O) groups is 6. The van der Waals surface area contributed by atoms with Crippen molar-refractivity contribution in [3.63, 3.8) is 0 Å². The number of carbonyl (C=O) groups excluding carboxylic acids is 3. The maximum Gasteiger partial charge on any atom is 3.00 e. The Morgan fingerprint density at radius 3 is 0.806 bits per heavy atom. The molecule has 0 bridgehead atoms. The van der Waals surface area contributed by atoms with E-state index in [-0.39, 0.29) is 58.3 Å². The summed E-state index contributed by atoms with van der Waals surface area (Å²) >= 11 is 0. The van der Waals surface area contributed by atoms with Crippen LogP contribution in [-0.2, 0) is 28.8 Å². The van der Waals surface area contributed by atoms with Crippen LogP contribution in [0.25, 0.3) is 0 Å². The SMILES string of the molecule is N[C@@H](CCC(=O)O)C(=O)[O-].N[C@@H](CCC(=O)O)C(=O)[O-].N[C@@H](CCC(=O)O)C(=O)[O-].[Ga+3]. The summed E-state index contributed by atoms with van der Waals surface area (Å²) in [5.41, 5.74) is 14.8. The first kappa shape index (κ1) is 35.8. The van der Waals surface area contributed by atoms with E-state index in [1.807, 2.05) is 0 Å². The molecule has 0 saturated heterocycles. The van der Waals surface area contributed by atoms with E-state index in [0.29, 0.717) is 0 Å². The van der Waals surface area contributed by atoms with Crippen molar-refractivity contribution in [3.05, 3.63) is 0 Å². The van der Waals surface area contributed by atoms with Crippen molar-refractivity contribution in [2.24, 2.45) is 17.2 Å². The summed E-state index contributed by atoms with van der Waals surface area (Å²) in [6.45, 7) is 0. The van der Waals surface area contributed by atoms with E-state index in [0.717, 1.165) is 0 Å². The molecule has 174 valence electrons. The van der Waals surface area contributed by atoms with Crippen LogP contribution in [0.5, 0.6) is 0 Å². The Morgan fingerprint density at radius 1 is 0.548 bits per heavy atom. The molecule has 0 fully saturated rings. The molecule has 0 amide bonds. The Balaban J connectivity index is -0.000000174. The van der Waals surface area contributed by atoms with E-state index in [1.165, 1.54) is 0 Å². The van der Waals surface area contributed by atoms with Gasteiger partial charge in [0.05, 0.1) is 17.9 Å². The normalized spacial score (nSPS) is 12.1. The second kappa shape index (κ2) is 20.6. The summed E-state index contributed by atoms with van der Waals surface area (Å²) in [6, 6.07) is -3.51. The van der Waals surface area contributed by atoms with Gasteiger partial charge in [-0.2, -0.15) is 0 Å². The summed E-state index contributed by atoms with van der Waals surface area (Å²) in [5.74, 6) is -7.42. The van der Waals surface area contributed by atoms with Gasteiger partial charge in [-0.15, -0.1) is 0 Å². The monoisotopic (exact) mass is 507 g/mol. The molecule has 0 radical (unpaired) electrons. The molecule has 0 aliphatic heterocycles. The van der Waals surface area contributed by atoms with E-state index in [4.69, 9.17) is 32.5 Å². The summed E-state index contributed by atoms with van der Waals surface area (Å²) in [7, 11) is 0.